The molecule has 0 aliphatic heterocycles. The third-order valence-corrected chi connectivity index (χ3v) is 0.450. The van der Waals surface area contributed by atoms with Crippen LogP contribution in [0.25, 0.3) is 0 Å². The number of carbonyl (C=O) groups excluding carboxylic acids is 1. The summed E-state index contributed by atoms with van der Waals surface area (Å²) in [5, 5.41) is 7.66. The smallest absolute Gasteiger partial charge is 0.126 e. The molecule has 70 valence electrons. The third kappa shape index (κ3) is 36.0. The number of Topliss-reactive ketones (excluding diaryl/α,β-unsaturated/α-hetero) is 1. The van der Waals surface area contributed by atoms with Gasteiger partial charge in [0, 0.05) is 11.4 Å². The Morgan fingerprint density at radius 3 is 1.00 bits per heavy atom. The van der Waals surface area contributed by atoms with Crippen LogP contribution in [0.4, 0.5) is 0 Å². The summed E-state index contributed by atoms with van der Waals surface area (Å²) in [4.78, 5) is 9.44. The van der Waals surface area contributed by atoms with E-state index in [2.05, 4.69) is 10.2 Å². The molecular formula is C9H18N2O. The third-order valence-electron chi connectivity index (χ3n) is 0.450. The average Bonchev–Trinajstić information content (AvgIpc) is 1.82. The lowest BCUT2D eigenvalue weighted by molar-refractivity contribution is -0.114. The first-order chi connectivity index (χ1) is 5.36. The standard InChI is InChI=1S/C6H12N2.C3H6O/c1-5(2)7-8-6(3)4;1-3(2)4/h1-4H3;1-2H3. The molecular weight excluding hydrogens is 152 g/mol. The molecule has 0 unspecified atom stereocenters. The average molecular weight is 170 g/mol. The van der Waals surface area contributed by atoms with Crippen LogP contribution in [0.3, 0.4) is 0 Å². The molecule has 0 atom stereocenters. The Hall–Kier alpha value is -0.990. The fourth-order valence-electron chi connectivity index (χ4n) is 0.200. The molecule has 0 N–H and O–H groups in total. The van der Waals surface area contributed by atoms with Gasteiger partial charge in [0.1, 0.15) is 5.78 Å². The molecule has 0 aromatic carbocycles. The van der Waals surface area contributed by atoms with Crippen LogP contribution in [0.5, 0.6) is 0 Å². The lowest BCUT2D eigenvalue weighted by Gasteiger charge is -1.83. The van der Waals surface area contributed by atoms with Crippen molar-refractivity contribution < 1.29 is 4.79 Å². The van der Waals surface area contributed by atoms with E-state index in [9.17, 15) is 4.79 Å². The fraction of sp³-hybridized carbons (Fsp3) is 0.667. The zero-order valence-corrected chi connectivity index (χ0v) is 8.80. The van der Waals surface area contributed by atoms with Crippen molar-refractivity contribution in [1.82, 2.24) is 0 Å². The molecule has 3 nitrogen and oxygen atoms in total. The molecule has 0 aliphatic rings. The van der Waals surface area contributed by atoms with Crippen molar-refractivity contribution in [3.8, 4) is 0 Å². The Kier molecular flexibility index (Phi) is 9.18. The second-order valence-electron chi connectivity index (χ2n) is 3.00. The molecule has 0 saturated carbocycles. The van der Waals surface area contributed by atoms with E-state index < -0.39 is 0 Å². The normalized spacial score (nSPS) is 7.50. The van der Waals surface area contributed by atoms with Crippen molar-refractivity contribution in [3.63, 3.8) is 0 Å². The van der Waals surface area contributed by atoms with Crippen LogP contribution in [0.1, 0.15) is 41.5 Å². The Bertz CT molecular complexity index is 165. The molecule has 0 bridgehead atoms. The largest absolute Gasteiger partial charge is 0.300 e. The molecule has 0 aromatic heterocycles. The summed E-state index contributed by atoms with van der Waals surface area (Å²) < 4.78 is 0. The first-order valence-electron chi connectivity index (χ1n) is 3.85. The maximum Gasteiger partial charge on any atom is 0.126 e. The molecule has 0 rings (SSSR count). The monoisotopic (exact) mass is 170 g/mol. The Labute approximate surface area is 74.6 Å². The number of ketones is 1. The summed E-state index contributed by atoms with van der Waals surface area (Å²) in [5.74, 6) is 0.167. The van der Waals surface area contributed by atoms with Crippen molar-refractivity contribution >= 4 is 17.2 Å². The molecule has 0 spiro atoms. The zero-order chi connectivity index (χ0) is 10.1. The first-order valence-corrected chi connectivity index (χ1v) is 3.85. The van der Waals surface area contributed by atoms with Gasteiger partial charge in [-0.25, -0.2) is 0 Å². The molecule has 0 saturated heterocycles. The van der Waals surface area contributed by atoms with Crippen LogP contribution >= 0.6 is 0 Å². The van der Waals surface area contributed by atoms with Gasteiger partial charge in [-0.1, -0.05) is 0 Å². The highest BCUT2D eigenvalue weighted by atomic mass is 16.1. The van der Waals surface area contributed by atoms with E-state index in [4.69, 9.17) is 0 Å². The predicted octanol–water partition coefficient (Wildman–Crippen LogP) is 2.46. The summed E-state index contributed by atoms with van der Waals surface area (Å²) in [6.07, 6.45) is 0. The number of nitrogens with zero attached hydrogens (tertiary/aromatic N) is 2. The van der Waals surface area contributed by atoms with Crippen molar-refractivity contribution in [3.05, 3.63) is 0 Å². The van der Waals surface area contributed by atoms with E-state index in [0.717, 1.165) is 11.4 Å². The van der Waals surface area contributed by atoms with Gasteiger partial charge in [0.25, 0.3) is 0 Å². The Morgan fingerprint density at radius 2 is 0.917 bits per heavy atom. The maximum atomic E-state index is 9.44. The Balaban J connectivity index is 0. The van der Waals surface area contributed by atoms with E-state index in [1.165, 1.54) is 13.8 Å². The van der Waals surface area contributed by atoms with E-state index in [-0.39, 0.29) is 5.78 Å². The maximum absolute atomic E-state index is 9.44. The van der Waals surface area contributed by atoms with Gasteiger partial charge >= 0.3 is 0 Å². The number of hydrogen-bond donors (Lipinski definition) is 0. The fourth-order valence-corrected chi connectivity index (χ4v) is 0.200. The minimum absolute atomic E-state index is 0.167. The molecule has 12 heavy (non-hydrogen) atoms. The Morgan fingerprint density at radius 1 is 0.750 bits per heavy atom. The first kappa shape index (κ1) is 13.6. The minimum atomic E-state index is 0.167. The SMILES string of the molecule is CC(C)=NN=C(C)C.CC(C)=O. The second-order valence-corrected chi connectivity index (χ2v) is 3.00. The van der Waals surface area contributed by atoms with Crippen LogP contribution in [-0.2, 0) is 4.79 Å². The van der Waals surface area contributed by atoms with Crippen molar-refractivity contribution in [2.24, 2.45) is 10.2 Å². The van der Waals surface area contributed by atoms with Gasteiger partial charge in [0.2, 0.25) is 0 Å². The van der Waals surface area contributed by atoms with E-state index in [1.807, 2.05) is 27.7 Å². The summed E-state index contributed by atoms with van der Waals surface area (Å²) >= 11 is 0. The van der Waals surface area contributed by atoms with E-state index in [1.54, 1.807) is 0 Å². The highest BCUT2D eigenvalue weighted by molar-refractivity contribution is 5.82. The molecule has 0 aliphatic carbocycles. The van der Waals surface area contributed by atoms with Crippen LogP contribution in [-0.4, -0.2) is 17.2 Å². The van der Waals surface area contributed by atoms with Gasteiger partial charge in [-0.2, -0.15) is 10.2 Å². The van der Waals surface area contributed by atoms with E-state index in [0.29, 0.717) is 0 Å². The van der Waals surface area contributed by atoms with Gasteiger partial charge in [0.05, 0.1) is 0 Å². The molecule has 0 radical (unpaired) electrons. The minimum Gasteiger partial charge on any atom is -0.300 e. The molecule has 3 heteroatoms. The van der Waals surface area contributed by atoms with Crippen LogP contribution in [0.2, 0.25) is 0 Å². The zero-order valence-electron chi connectivity index (χ0n) is 8.80. The van der Waals surface area contributed by atoms with E-state index >= 15 is 0 Å². The van der Waals surface area contributed by atoms with Crippen molar-refractivity contribution in [1.29, 1.82) is 0 Å². The number of rotatable bonds is 1. The number of hydrogen-bond acceptors (Lipinski definition) is 3. The predicted molar refractivity (Wildman–Crippen MR) is 53.9 cm³/mol. The highest BCUT2D eigenvalue weighted by Gasteiger charge is 1.74. The second kappa shape index (κ2) is 8.11. The molecule has 0 amide bonds. The number of carbonyl (C=O) groups is 1. The highest BCUT2D eigenvalue weighted by Crippen LogP contribution is 1.79. The van der Waals surface area contributed by atoms with Crippen LogP contribution < -0.4 is 0 Å². The van der Waals surface area contributed by atoms with Gasteiger partial charge in [-0.05, 0) is 41.5 Å². The summed E-state index contributed by atoms with van der Waals surface area (Å²) in [6, 6.07) is 0. The van der Waals surface area contributed by atoms with Crippen LogP contribution in [0, 0.1) is 0 Å². The van der Waals surface area contributed by atoms with Crippen molar-refractivity contribution in [2.75, 3.05) is 0 Å². The van der Waals surface area contributed by atoms with Gasteiger partial charge in [0.15, 0.2) is 0 Å². The van der Waals surface area contributed by atoms with Crippen LogP contribution in [0.15, 0.2) is 10.2 Å². The van der Waals surface area contributed by atoms with Gasteiger partial charge in [-0.15, -0.1) is 0 Å². The van der Waals surface area contributed by atoms with Gasteiger partial charge in [-0.3, -0.25) is 0 Å². The quantitative estimate of drug-likeness (QED) is 0.440. The topological polar surface area (TPSA) is 41.8 Å². The lowest BCUT2D eigenvalue weighted by Crippen LogP contribution is -1.81. The summed E-state index contributed by atoms with van der Waals surface area (Å²) in [7, 11) is 0. The molecule has 0 fully saturated rings. The summed E-state index contributed by atoms with van der Waals surface area (Å²) in [6.45, 7) is 10.7. The molecule has 0 aromatic rings. The van der Waals surface area contributed by atoms with Gasteiger partial charge < -0.3 is 4.79 Å². The summed E-state index contributed by atoms with van der Waals surface area (Å²) in [5.41, 5.74) is 1.98. The van der Waals surface area contributed by atoms with Crippen molar-refractivity contribution in [2.45, 2.75) is 41.5 Å². The lowest BCUT2D eigenvalue weighted by atomic mass is 10.5. The molecule has 0 heterocycles.